The standard InChI is InChI=1S/C15H19N3O6/c1-23-13(19)10-7-11(9-12(8-10)18(21)22)17-14(20)15(24-2)3-5-16-6-4-15/h7-9,16H,3-6H2,1-2H3,(H,17,20). The van der Waals surface area contributed by atoms with Gasteiger partial charge in [-0.3, -0.25) is 14.9 Å². The number of carbonyl (C=O) groups is 2. The molecule has 0 bridgehead atoms. The Labute approximate surface area is 138 Å². The van der Waals surface area contributed by atoms with Gasteiger partial charge in [0.2, 0.25) is 0 Å². The molecular formula is C15H19N3O6. The van der Waals surface area contributed by atoms with E-state index in [9.17, 15) is 19.7 Å². The van der Waals surface area contributed by atoms with E-state index in [0.717, 1.165) is 6.07 Å². The van der Waals surface area contributed by atoms with Crippen molar-refractivity contribution in [1.29, 1.82) is 0 Å². The molecule has 0 aliphatic carbocycles. The summed E-state index contributed by atoms with van der Waals surface area (Å²) < 4.78 is 9.99. The molecule has 24 heavy (non-hydrogen) atoms. The first-order chi connectivity index (χ1) is 11.4. The first kappa shape index (κ1) is 17.8. The second-order valence-electron chi connectivity index (χ2n) is 5.42. The molecular weight excluding hydrogens is 318 g/mol. The average Bonchev–Trinajstić information content (AvgIpc) is 2.61. The van der Waals surface area contributed by atoms with Gasteiger partial charge < -0.3 is 20.1 Å². The summed E-state index contributed by atoms with van der Waals surface area (Å²) in [5.74, 6) is -1.12. The third-order valence-corrected chi connectivity index (χ3v) is 4.02. The molecule has 0 unspecified atom stereocenters. The molecule has 0 spiro atoms. The Morgan fingerprint density at radius 1 is 1.25 bits per heavy atom. The van der Waals surface area contributed by atoms with Crippen LogP contribution in [0.15, 0.2) is 18.2 Å². The number of benzene rings is 1. The van der Waals surface area contributed by atoms with Gasteiger partial charge in [-0.15, -0.1) is 0 Å². The topological polar surface area (TPSA) is 120 Å². The van der Waals surface area contributed by atoms with Crippen LogP contribution in [0.4, 0.5) is 11.4 Å². The van der Waals surface area contributed by atoms with Crippen molar-refractivity contribution in [3.05, 3.63) is 33.9 Å². The first-order valence-corrected chi connectivity index (χ1v) is 7.37. The van der Waals surface area contributed by atoms with Gasteiger partial charge in [0.25, 0.3) is 11.6 Å². The van der Waals surface area contributed by atoms with Gasteiger partial charge in [0.05, 0.1) is 17.6 Å². The molecule has 2 N–H and O–H groups in total. The Hall–Kier alpha value is -2.52. The molecule has 0 aromatic heterocycles. The van der Waals surface area contributed by atoms with Crippen molar-refractivity contribution in [2.75, 3.05) is 32.6 Å². The molecule has 1 saturated heterocycles. The molecule has 2 rings (SSSR count). The normalized spacial score (nSPS) is 16.2. The van der Waals surface area contributed by atoms with Crippen molar-refractivity contribution in [2.24, 2.45) is 0 Å². The number of nitrogens with one attached hydrogen (secondary N) is 2. The van der Waals surface area contributed by atoms with E-state index >= 15 is 0 Å². The van der Waals surface area contributed by atoms with E-state index in [1.54, 1.807) is 0 Å². The molecule has 0 atom stereocenters. The Bertz CT molecular complexity index is 655. The number of piperidine rings is 1. The SMILES string of the molecule is COC(=O)c1cc(NC(=O)C2(OC)CCNCC2)cc([N+](=O)[O-])c1. The Morgan fingerprint density at radius 2 is 1.92 bits per heavy atom. The fraction of sp³-hybridized carbons (Fsp3) is 0.467. The number of esters is 1. The zero-order chi connectivity index (χ0) is 17.7. The summed E-state index contributed by atoms with van der Waals surface area (Å²) in [5, 5.41) is 16.8. The number of hydrogen-bond donors (Lipinski definition) is 2. The number of hydrogen-bond acceptors (Lipinski definition) is 7. The van der Waals surface area contributed by atoms with Crippen LogP contribution >= 0.6 is 0 Å². The molecule has 9 nitrogen and oxygen atoms in total. The highest BCUT2D eigenvalue weighted by atomic mass is 16.6. The average molecular weight is 337 g/mol. The summed E-state index contributed by atoms with van der Waals surface area (Å²) >= 11 is 0. The van der Waals surface area contributed by atoms with E-state index in [2.05, 4.69) is 15.4 Å². The number of carbonyl (C=O) groups excluding carboxylic acids is 2. The fourth-order valence-corrected chi connectivity index (χ4v) is 2.62. The van der Waals surface area contributed by atoms with E-state index in [-0.39, 0.29) is 16.9 Å². The van der Waals surface area contributed by atoms with E-state index in [1.165, 1.54) is 26.4 Å². The highest BCUT2D eigenvalue weighted by Crippen LogP contribution is 2.27. The van der Waals surface area contributed by atoms with Gasteiger partial charge in [-0.2, -0.15) is 0 Å². The maximum Gasteiger partial charge on any atom is 0.338 e. The van der Waals surface area contributed by atoms with Crippen molar-refractivity contribution < 1.29 is 24.0 Å². The number of amides is 1. The molecule has 1 amide bonds. The van der Waals surface area contributed by atoms with Gasteiger partial charge >= 0.3 is 5.97 Å². The van der Waals surface area contributed by atoms with Crippen LogP contribution in [0.5, 0.6) is 0 Å². The van der Waals surface area contributed by atoms with E-state index < -0.39 is 22.4 Å². The number of ether oxygens (including phenoxy) is 2. The Kier molecular flexibility index (Phi) is 5.47. The predicted molar refractivity (Wildman–Crippen MR) is 84.9 cm³/mol. The van der Waals surface area contributed by atoms with Crippen LogP contribution < -0.4 is 10.6 Å². The van der Waals surface area contributed by atoms with Gasteiger partial charge in [0.1, 0.15) is 5.60 Å². The van der Waals surface area contributed by atoms with E-state index in [1.807, 2.05) is 0 Å². The Balaban J connectivity index is 2.30. The maximum absolute atomic E-state index is 12.6. The molecule has 1 aromatic rings. The minimum absolute atomic E-state index is 0.0150. The van der Waals surface area contributed by atoms with Gasteiger partial charge in [-0.1, -0.05) is 0 Å². The van der Waals surface area contributed by atoms with Gasteiger partial charge in [0.15, 0.2) is 0 Å². The molecule has 1 fully saturated rings. The molecule has 9 heteroatoms. The number of rotatable bonds is 5. The molecule has 1 aliphatic heterocycles. The number of non-ortho nitro benzene ring substituents is 1. The summed E-state index contributed by atoms with van der Waals surface area (Å²) in [6.45, 7) is 1.26. The second kappa shape index (κ2) is 7.37. The van der Waals surface area contributed by atoms with Crippen LogP contribution in [0.25, 0.3) is 0 Å². The van der Waals surface area contributed by atoms with Crippen LogP contribution in [0.3, 0.4) is 0 Å². The van der Waals surface area contributed by atoms with Crippen molar-refractivity contribution in [1.82, 2.24) is 5.32 Å². The summed E-state index contributed by atoms with van der Waals surface area (Å²) in [7, 11) is 2.63. The molecule has 130 valence electrons. The third-order valence-electron chi connectivity index (χ3n) is 4.02. The van der Waals surface area contributed by atoms with Crippen LogP contribution in [-0.2, 0) is 14.3 Å². The highest BCUT2D eigenvalue weighted by molar-refractivity contribution is 5.99. The van der Waals surface area contributed by atoms with Crippen molar-refractivity contribution in [2.45, 2.75) is 18.4 Å². The van der Waals surface area contributed by atoms with E-state index in [4.69, 9.17) is 4.74 Å². The van der Waals surface area contributed by atoms with Crippen molar-refractivity contribution in [3.63, 3.8) is 0 Å². The fourth-order valence-electron chi connectivity index (χ4n) is 2.62. The number of methoxy groups -OCH3 is 2. The Morgan fingerprint density at radius 3 is 2.46 bits per heavy atom. The largest absolute Gasteiger partial charge is 0.465 e. The van der Waals surface area contributed by atoms with Crippen LogP contribution in [0.1, 0.15) is 23.2 Å². The molecule has 1 heterocycles. The van der Waals surface area contributed by atoms with Crippen molar-refractivity contribution in [3.8, 4) is 0 Å². The minimum Gasteiger partial charge on any atom is -0.465 e. The number of nitrogens with zero attached hydrogens (tertiary/aromatic N) is 1. The van der Waals surface area contributed by atoms with Crippen LogP contribution in [-0.4, -0.2) is 49.7 Å². The minimum atomic E-state index is -0.999. The second-order valence-corrected chi connectivity index (χ2v) is 5.42. The first-order valence-electron chi connectivity index (χ1n) is 7.37. The molecule has 1 aliphatic rings. The van der Waals surface area contributed by atoms with Crippen molar-refractivity contribution >= 4 is 23.3 Å². The maximum atomic E-state index is 12.6. The van der Waals surface area contributed by atoms with Gasteiger partial charge in [-0.05, 0) is 32.0 Å². The van der Waals surface area contributed by atoms with Gasteiger partial charge in [-0.25, -0.2) is 4.79 Å². The summed E-state index contributed by atoms with van der Waals surface area (Å²) in [5.41, 5.74) is -1.19. The lowest BCUT2D eigenvalue weighted by Crippen LogP contribution is -2.51. The molecule has 0 radical (unpaired) electrons. The lowest BCUT2D eigenvalue weighted by Gasteiger charge is -2.34. The predicted octanol–water partition coefficient (Wildman–Crippen LogP) is 1.09. The monoisotopic (exact) mass is 337 g/mol. The molecule has 1 aromatic carbocycles. The van der Waals surface area contributed by atoms with Gasteiger partial charge in [0, 0.05) is 24.9 Å². The van der Waals surface area contributed by atoms with Crippen LogP contribution in [0, 0.1) is 10.1 Å². The third kappa shape index (κ3) is 3.69. The summed E-state index contributed by atoms with van der Waals surface area (Å²) in [6.07, 6.45) is 0.961. The highest BCUT2D eigenvalue weighted by Gasteiger charge is 2.39. The lowest BCUT2D eigenvalue weighted by atomic mass is 9.91. The smallest absolute Gasteiger partial charge is 0.338 e. The summed E-state index contributed by atoms with van der Waals surface area (Å²) in [6, 6.07) is 3.62. The number of nitro groups is 1. The lowest BCUT2D eigenvalue weighted by molar-refractivity contribution is -0.384. The quantitative estimate of drug-likeness (QED) is 0.469. The number of nitro benzene ring substituents is 1. The van der Waals surface area contributed by atoms with Crippen LogP contribution in [0.2, 0.25) is 0 Å². The van der Waals surface area contributed by atoms with E-state index in [0.29, 0.717) is 25.9 Å². The summed E-state index contributed by atoms with van der Waals surface area (Å²) in [4.78, 5) is 34.6. The molecule has 0 saturated carbocycles. The number of anilines is 1. The zero-order valence-electron chi connectivity index (χ0n) is 13.5. The zero-order valence-corrected chi connectivity index (χ0v) is 13.5.